The van der Waals surface area contributed by atoms with Gasteiger partial charge in [0.1, 0.15) is 22.7 Å². The highest BCUT2D eigenvalue weighted by Crippen LogP contribution is 2.36. The summed E-state index contributed by atoms with van der Waals surface area (Å²) in [7, 11) is 1.92. The van der Waals surface area contributed by atoms with Gasteiger partial charge in [0.05, 0.1) is 17.1 Å². The third-order valence-corrected chi connectivity index (χ3v) is 6.69. The largest absolute Gasteiger partial charge is 0.358 e. The van der Waals surface area contributed by atoms with Gasteiger partial charge in [-0.3, -0.25) is 9.25 Å². The summed E-state index contributed by atoms with van der Waals surface area (Å²) in [5, 5.41) is 8.49. The minimum Gasteiger partial charge on any atom is -0.358 e. The first-order chi connectivity index (χ1) is 15.5. The zero-order chi connectivity index (χ0) is 22.2. The van der Waals surface area contributed by atoms with Crippen molar-refractivity contribution in [1.82, 2.24) is 24.3 Å². The monoisotopic (exact) mass is 468 g/mol. The van der Waals surface area contributed by atoms with E-state index in [4.69, 9.17) is 21.3 Å². The maximum Gasteiger partial charge on any atom is 0.166 e. The quantitative estimate of drug-likeness (QED) is 0.288. The average molecular weight is 469 g/mol. The van der Waals surface area contributed by atoms with Gasteiger partial charge < -0.3 is 10.1 Å². The second-order valence-corrected chi connectivity index (χ2v) is 9.17. The molecule has 4 heterocycles. The molecule has 7 nitrogen and oxygen atoms in total. The molecule has 1 N–H and O–H groups in total. The van der Waals surface area contributed by atoms with Crippen molar-refractivity contribution in [2.75, 3.05) is 18.2 Å². The molecule has 3 aromatic heterocycles. The first-order valence-corrected chi connectivity index (χ1v) is 12.3. The highest BCUT2D eigenvalue weighted by molar-refractivity contribution is 7.98. The van der Waals surface area contributed by atoms with E-state index < -0.39 is 0 Å². The fraction of sp³-hybridized carbons (Fsp3) is 0.348. The molecule has 166 valence electrons. The molecule has 0 spiro atoms. The van der Waals surface area contributed by atoms with Gasteiger partial charge in [-0.05, 0) is 50.6 Å². The Kier molecular flexibility index (Phi) is 5.84. The summed E-state index contributed by atoms with van der Waals surface area (Å²) in [6, 6.07) is 10.1. The standard InChI is InChI=1S/C23H25ClN6OS/c1-14-25-22-18(13-20(24)27-23(22)30(14)21-6-4-5-11-31-21)26-17-8-7-15(12-19(17)32-3)16-9-10-29(2)28-16/h7-10,12-13,21H,4-6,11H2,1-3H3,(H,26,27). The molecule has 1 fully saturated rings. The van der Waals surface area contributed by atoms with Crippen molar-refractivity contribution < 1.29 is 4.74 Å². The maximum absolute atomic E-state index is 6.44. The van der Waals surface area contributed by atoms with Gasteiger partial charge in [0, 0.05) is 36.4 Å². The van der Waals surface area contributed by atoms with E-state index in [1.165, 1.54) is 0 Å². The van der Waals surface area contributed by atoms with E-state index >= 15 is 0 Å². The first kappa shape index (κ1) is 21.3. The van der Waals surface area contributed by atoms with Crippen LogP contribution in [0.1, 0.15) is 31.3 Å². The Morgan fingerprint density at radius 3 is 2.75 bits per heavy atom. The van der Waals surface area contributed by atoms with Crippen molar-refractivity contribution in [3.8, 4) is 11.3 Å². The van der Waals surface area contributed by atoms with E-state index in [1.54, 1.807) is 11.8 Å². The zero-order valence-corrected chi connectivity index (χ0v) is 19.9. The smallest absolute Gasteiger partial charge is 0.166 e. The number of hydrogen-bond acceptors (Lipinski definition) is 6. The zero-order valence-electron chi connectivity index (χ0n) is 18.3. The fourth-order valence-corrected chi connectivity index (χ4v) is 4.95. The first-order valence-electron chi connectivity index (χ1n) is 10.7. The molecule has 1 aliphatic heterocycles. The molecule has 5 rings (SSSR count). The summed E-state index contributed by atoms with van der Waals surface area (Å²) in [5.41, 5.74) is 5.39. The van der Waals surface area contributed by atoms with Gasteiger partial charge in [0.15, 0.2) is 5.65 Å². The van der Waals surface area contributed by atoms with Crippen molar-refractivity contribution in [2.24, 2.45) is 7.05 Å². The predicted molar refractivity (Wildman–Crippen MR) is 130 cm³/mol. The summed E-state index contributed by atoms with van der Waals surface area (Å²) < 4.78 is 9.90. The summed E-state index contributed by atoms with van der Waals surface area (Å²) >= 11 is 8.12. The lowest BCUT2D eigenvalue weighted by Gasteiger charge is -2.25. The van der Waals surface area contributed by atoms with Crippen LogP contribution in [0.5, 0.6) is 0 Å². The van der Waals surface area contributed by atoms with Gasteiger partial charge in [-0.1, -0.05) is 17.7 Å². The minimum absolute atomic E-state index is 0.0491. The van der Waals surface area contributed by atoms with Crippen LogP contribution in [0.3, 0.4) is 0 Å². The SMILES string of the molecule is CSc1cc(-c2ccn(C)n2)ccc1Nc1cc(Cl)nc2c1nc(C)n2C1CCCCO1. The van der Waals surface area contributed by atoms with E-state index in [0.29, 0.717) is 5.15 Å². The number of rotatable bonds is 5. The molecule has 0 bridgehead atoms. The number of thioether (sulfide) groups is 1. The molecule has 1 atom stereocenters. The van der Waals surface area contributed by atoms with Crippen LogP contribution in [-0.4, -0.2) is 37.2 Å². The van der Waals surface area contributed by atoms with Gasteiger partial charge in [-0.15, -0.1) is 11.8 Å². The summed E-state index contributed by atoms with van der Waals surface area (Å²) in [4.78, 5) is 10.5. The number of imidazole rings is 1. The number of aromatic nitrogens is 5. The molecule has 0 aliphatic carbocycles. The predicted octanol–water partition coefficient (Wildman–Crippen LogP) is 5.96. The van der Waals surface area contributed by atoms with Crippen LogP contribution in [0.15, 0.2) is 41.4 Å². The lowest BCUT2D eigenvalue weighted by Crippen LogP contribution is -2.19. The van der Waals surface area contributed by atoms with Crippen molar-refractivity contribution in [2.45, 2.75) is 37.3 Å². The van der Waals surface area contributed by atoms with Gasteiger partial charge in [0.25, 0.3) is 0 Å². The Balaban J connectivity index is 1.54. The number of aryl methyl sites for hydroxylation is 2. The van der Waals surface area contributed by atoms with E-state index in [1.807, 2.05) is 37.0 Å². The number of ether oxygens (including phenoxy) is 1. The van der Waals surface area contributed by atoms with Gasteiger partial charge in [-0.25, -0.2) is 9.97 Å². The topological polar surface area (TPSA) is 69.8 Å². The van der Waals surface area contributed by atoms with Crippen molar-refractivity contribution in [3.63, 3.8) is 0 Å². The third kappa shape index (κ3) is 3.98. The van der Waals surface area contributed by atoms with Crippen molar-refractivity contribution in [3.05, 3.63) is 47.5 Å². The van der Waals surface area contributed by atoms with Crippen LogP contribution >= 0.6 is 23.4 Å². The molecule has 32 heavy (non-hydrogen) atoms. The number of benzene rings is 1. The Morgan fingerprint density at radius 2 is 2.03 bits per heavy atom. The summed E-state index contributed by atoms with van der Waals surface area (Å²) in [6.07, 6.45) is 7.15. The molecule has 0 amide bonds. The Morgan fingerprint density at radius 1 is 1.16 bits per heavy atom. The number of fused-ring (bicyclic) bond motifs is 1. The molecule has 4 aromatic rings. The van der Waals surface area contributed by atoms with E-state index in [2.05, 4.69) is 44.4 Å². The van der Waals surface area contributed by atoms with Crippen LogP contribution in [0.4, 0.5) is 11.4 Å². The Bertz CT molecular complexity index is 1280. The highest BCUT2D eigenvalue weighted by atomic mass is 35.5. The molecular formula is C23H25ClN6OS. The van der Waals surface area contributed by atoms with Crippen LogP contribution in [0.25, 0.3) is 22.4 Å². The molecule has 0 saturated carbocycles. The molecular weight excluding hydrogens is 444 g/mol. The number of nitrogens with zero attached hydrogens (tertiary/aromatic N) is 5. The van der Waals surface area contributed by atoms with Gasteiger partial charge in [0.2, 0.25) is 0 Å². The molecule has 0 radical (unpaired) electrons. The second-order valence-electron chi connectivity index (χ2n) is 7.93. The van der Waals surface area contributed by atoms with E-state index in [0.717, 1.165) is 70.4 Å². The number of anilines is 2. The third-order valence-electron chi connectivity index (χ3n) is 5.72. The number of hydrogen-bond donors (Lipinski definition) is 1. The van der Waals surface area contributed by atoms with Crippen LogP contribution in [0.2, 0.25) is 5.15 Å². The van der Waals surface area contributed by atoms with Crippen LogP contribution in [0, 0.1) is 6.92 Å². The normalized spacial score (nSPS) is 16.6. The molecule has 1 unspecified atom stereocenters. The minimum atomic E-state index is -0.0491. The average Bonchev–Trinajstić information content (AvgIpc) is 3.37. The summed E-state index contributed by atoms with van der Waals surface area (Å²) in [6.45, 7) is 2.75. The van der Waals surface area contributed by atoms with Crippen LogP contribution in [-0.2, 0) is 11.8 Å². The molecule has 9 heteroatoms. The van der Waals surface area contributed by atoms with Crippen molar-refractivity contribution >= 4 is 45.9 Å². The molecule has 1 aromatic carbocycles. The van der Waals surface area contributed by atoms with Crippen LogP contribution < -0.4 is 5.32 Å². The highest BCUT2D eigenvalue weighted by Gasteiger charge is 2.23. The van der Waals surface area contributed by atoms with Crippen molar-refractivity contribution in [1.29, 1.82) is 0 Å². The van der Waals surface area contributed by atoms with Gasteiger partial charge in [-0.2, -0.15) is 5.10 Å². The number of halogens is 1. The Hall–Kier alpha value is -2.55. The lowest BCUT2D eigenvalue weighted by molar-refractivity contribution is -0.0309. The Labute approximate surface area is 196 Å². The molecule has 1 aliphatic rings. The number of nitrogens with one attached hydrogen (secondary N) is 1. The number of pyridine rings is 1. The fourth-order valence-electron chi connectivity index (χ4n) is 4.18. The maximum atomic E-state index is 6.44. The van der Waals surface area contributed by atoms with E-state index in [-0.39, 0.29) is 6.23 Å². The second kappa shape index (κ2) is 8.77. The summed E-state index contributed by atoms with van der Waals surface area (Å²) in [5.74, 6) is 0.875. The lowest BCUT2D eigenvalue weighted by atomic mass is 10.1. The molecule has 1 saturated heterocycles. The van der Waals surface area contributed by atoms with E-state index in [9.17, 15) is 0 Å². The van der Waals surface area contributed by atoms with Gasteiger partial charge >= 0.3 is 0 Å².